The van der Waals surface area contributed by atoms with Crippen molar-refractivity contribution < 1.29 is 19.4 Å². The fraction of sp³-hybridized carbons (Fsp3) is 0.200. The van der Waals surface area contributed by atoms with Crippen LogP contribution in [0.1, 0.15) is 38.8 Å². The molecule has 1 amide bonds. The van der Waals surface area contributed by atoms with Gasteiger partial charge < -0.3 is 15.2 Å². The van der Waals surface area contributed by atoms with E-state index in [1.54, 1.807) is 49.4 Å². The van der Waals surface area contributed by atoms with Crippen molar-refractivity contribution in [3.05, 3.63) is 87.2 Å². The lowest BCUT2D eigenvalue weighted by Gasteiger charge is -2.13. The second-order valence-corrected chi connectivity index (χ2v) is 7.30. The van der Waals surface area contributed by atoms with E-state index >= 15 is 0 Å². The molecule has 0 saturated carbocycles. The molecule has 3 aromatic rings. The number of carbonyl (C=O) groups excluding carboxylic acids is 2. The van der Waals surface area contributed by atoms with E-state index in [0.29, 0.717) is 5.56 Å². The SMILES string of the molecule is CCOC(=O)c1ccccc1N=Nc1c(C)c(C#N)c(O)n(CCNC(=O)c2ccccc2)c1=O. The number of benzene rings is 2. The number of nitriles is 1. The second kappa shape index (κ2) is 11.4. The number of rotatable bonds is 8. The highest BCUT2D eigenvalue weighted by atomic mass is 16.5. The number of nitrogens with one attached hydrogen (secondary N) is 1. The number of hydrogen-bond acceptors (Lipinski definition) is 8. The molecule has 10 heteroatoms. The normalized spacial score (nSPS) is 10.7. The van der Waals surface area contributed by atoms with Crippen molar-refractivity contribution >= 4 is 23.3 Å². The number of hydrogen-bond donors (Lipinski definition) is 2. The number of aromatic nitrogens is 1. The van der Waals surface area contributed by atoms with Crippen molar-refractivity contribution in [2.45, 2.75) is 20.4 Å². The minimum Gasteiger partial charge on any atom is -0.493 e. The summed E-state index contributed by atoms with van der Waals surface area (Å²) in [4.78, 5) is 37.5. The minimum absolute atomic E-state index is 0.0113. The van der Waals surface area contributed by atoms with Crippen molar-refractivity contribution in [2.24, 2.45) is 10.2 Å². The molecule has 178 valence electrons. The van der Waals surface area contributed by atoms with E-state index in [9.17, 15) is 24.8 Å². The number of esters is 1. The summed E-state index contributed by atoms with van der Waals surface area (Å²) in [5.41, 5.74) is -0.0984. The third-order valence-corrected chi connectivity index (χ3v) is 5.08. The summed E-state index contributed by atoms with van der Waals surface area (Å²) in [5, 5.41) is 30.8. The van der Waals surface area contributed by atoms with Crippen LogP contribution in [0.4, 0.5) is 11.4 Å². The van der Waals surface area contributed by atoms with Gasteiger partial charge in [-0.2, -0.15) is 5.26 Å². The maximum Gasteiger partial charge on any atom is 0.340 e. The van der Waals surface area contributed by atoms with Gasteiger partial charge in [-0.1, -0.05) is 30.3 Å². The molecule has 0 saturated heterocycles. The van der Waals surface area contributed by atoms with E-state index in [2.05, 4.69) is 15.5 Å². The standard InChI is InChI=1S/C25H23N5O5/c1-3-35-25(34)18-11-7-8-12-20(18)28-29-21-16(2)19(15-26)23(32)30(24(21)33)14-13-27-22(31)17-9-5-4-6-10-17/h4-12,32H,3,13-14H2,1-2H3,(H,27,31). The maximum absolute atomic E-state index is 13.1. The number of carbonyl (C=O) groups is 2. The van der Waals surface area contributed by atoms with Gasteiger partial charge in [0.25, 0.3) is 11.5 Å². The average Bonchev–Trinajstić information content (AvgIpc) is 2.87. The average molecular weight is 473 g/mol. The van der Waals surface area contributed by atoms with E-state index < -0.39 is 17.4 Å². The van der Waals surface area contributed by atoms with Crippen LogP contribution in [0.25, 0.3) is 0 Å². The Morgan fingerprint density at radius 3 is 2.49 bits per heavy atom. The molecule has 2 aromatic carbocycles. The Kier molecular flexibility index (Phi) is 8.08. The quantitative estimate of drug-likeness (QED) is 0.376. The molecule has 2 N–H and O–H groups in total. The van der Waals surface area contributed by atoms with Crippen LogP contribution in [-0.4, -0.2) is 34.7 Å². The zero-order chi connectivity index (χ0) is 25.4. The van der Waals surface area contributed by atoms with Crippen LogP contribution in [0.2, 0.25) is 0 Å². The Balaban J connectivity index is 1.92. The fourth-order valence-corrected chi connectivity index (χ4v) is 3.28. The van der Waals surface area contributed by atoms with E-state index in [4.69, 9.17) is 4.74 Å². The molecule has 1 aromatic heterocycles. The first kappa shape index (κ1) is 24.9. The van der Waals surface area contributed by atoms with Crippen LogP contribution < -0.4 is 10.9 Å². The zero-order valence-corrected chi connectivity index (χ0v) is 19.2. The lowest BCUT2D eigenvalue weighted by atomic mass is 10.1. The van der Waals surface area contributed by atoms with E-state index in [1.165, 1.54) is 19.1 Å². The molecule has 0 bridgehead atoms. The molecule has 0 aliphatic carbocycles. The lowest BCUT2D eigenvalue weighted by molar-refractivity contribution is 0.0527. The summed E-state index contributed by atoms with van der Waals surface area (Å²) in [6.07, 6.45) is 0. The van der Waals surface area contributed by atoms with Gasteiger partial charge in [0, 0.05) is 24.2 Å². The molecule has 0 atom stereocenters. The summed E-state index contributed by atoms with van der Waals surface area (Å²) in [5.74, 6) is -1.47. The van der Waals surface area contributed by atoms with Crippen molar-refractivity contribution in [3.8, 4) is 11.9 Å². The molecule has 1 heterocycles. The van der Waals surface area contributed by atoms with Gasteiger partial charge in [-0.25, -0.2) is 4.79 Å². The summed E-state index contributed by atoms with van der Waals surface area (Å²) < 4.78 is 5.96. The van der Waals surface area contributed by atoms with Crippen LogP contribution >= 0.6 is 0 Å². The van der Waals surface area contributed by atoms with Crippen LogP contribution in [0.5, 0.6) is 5.88 Å². The van der Waals surface area contributed by atoms with Crippen molar-refractivity contribution in [3.63, 3.8) is 0 Å². The van der Waals surface area contributed by atoms with E-state index in [-0.39, 0.29) is 53.7 Å². The molecular formula is C25H23N5O5. The Hall–Kier alpha value is -4.78. The van der Waals surface area contributed by atoms with Crippen LogP contribution in [-0.2, 0) is 11.3 Å². The molecule has 0 spiro atoms. The summed E-state index contributed by atoms with van der Waals surface area (Å²) in [6, 6.07) is 16.7. The van der Waals surface area contributed by atoms with Crippen molar-refractivity contribution in [2.75, 3.05) is 13.2 Å². The molecule has 0 fully saturated rings. The molecule has 0 unspecified atom stereocenters. The van der Waals surface area contributed by atoms with Gasteiger partial charge in [-0.3, -0.25) is 14.2 Å². The number of ether oxygens (including phenoxy) is 1. The van der Waals surface area contributed by atoms with Crippen molar-refractivity contribution in [1.82, 2.24) is 9.88 Å². The van der Waals surface area contributed by atoms with Crippen LogP contribution in [0, 0.1) is 18.3 Å². The first-order valence-corrected chi connectivity index (χ1v) is 10.8. The third-order valence-electron chi connectivity index (χ3n) is 5.08. The molecule has 3 rings (SSSR count). The molecule has 0 aliphatic heterocycles. The minimum atomic E-state index is -0.703. The Morgan fingerprint density at radius 2 is 1.80 bits per heavy atom. The van der Waals surface area contributed by atoms with E-state index in [1.807, 2.05) is 6.07 Å². The highest BCUT2D eigenvalue weighted by Crippen LogP contribution is 2.28. The number of azo groups is 1. The molecule has 0 radical (unpaired) electrons. The third kappa shape index (κ3) is 5.59. The predicted molar refractivity (Wildman–Crippen MR) is 127 cm³/mol. The lowest BCUT2D eigenvalue weighted by Crippen LogP contribution is -2.31. The smallest absolute Gasteiger partial charge is 0.340 e. The fourth-order valence-electron chi connectivity index (χ4n) is 3.28. The van der Waals surface area contributed by atoms with Gasteiger partial charge in [0.15, 0.2) is 5.69 Å². The summed E-state index contributed by atoms with van der Waals surface area (Å²) >= 11 is 0. The summed E-state index contributed by atoms with van der Waals surface area (Å²) in [6.45, 7) is 3.22. The predicted octanol–water partition coefficient (Wildman–Crippen LogP) is 3.76. The second-order valence-electron chi connectivity index (χ2n) is 7.30. The van der Waals surface area contributed by atoms with E-state index in [0.717, 1.165) is 4.57 Å². The first-order valence-electron chi connectivity index (χ1n) is 10.8. The molecule has 0 aliphatic rings. The number of amides is 1. The van der Waals surface area contributed by atoms with Gasteiger partial charge in [0.05, 0.1) is 12.2 Å². The van der Waals surface area contributed by atoms with Crippen LogP contribution in [0.3, 0.4) is 0 Å². The molecular weight excluding hydrogens is 450 g/mol. The molecule has 35 heavy (non-hydrogen) atoms. The highest BCUT2D eigenvalue weighted by Gasteiger charge is 2.20. The van der Waals surface area contributed by atoms with Gasteiger partial charge in [-0.05, 0) is 38.1 Å². The molecule has 10 nitrogen and oxygen atoms in total. The largest absolute Gasteiger partial charge is 0.493 e. The number of pyridine rings is 1. The van der Waals surface area contributed by atoms with Gasteiger partial charge in [0.2, 0.25) is 5.88 Å². The van der Waals surface area contributed by atoms with Crippen molar-refractivity contribution in [1.29, 1.82) is 5.26 Å². The van der Waals surface area contributed by atoms with Gasteiger partial charge >= 0.3 is 5.97 Å². The Labute approximate surface area is 201 Å². The van der Waals surface area contributed by atoms with Gasteiger partial charge in [0.1, 0.15) is 17.3 Å². The monoisotopic (exact) mass is 473 g/mol. The highest BCUT2D eigenvalue weighted by molar-refractivity contribution is 5.95. The Bertz CT molecular complexity index is 1370. The maximum atomic E-state index is 13.1. The topological polar surface area (TPSA) is 146 Å². The van der Waals surface area contributed by atoms with Crippen LogP contribution in [0.15, 0.2) is 69.6 Å². The zero-order valence-electron chi connectivity index (χ0n) is 19.2. The number of nitrogens with zero attached hydrogens (tertiary/aromatic N) is 4. The number of aromatic hydroxyl groups is 1. The van der Waals surface area contributed by atoms with Gasteiger partial charge in [-0.15, -0.1) is 10.2 Å². The summed E-state index contributed by atoms with van der Waals surface area (Å²) in [7, 11) is 0. The first-order chi connectivity index (χ1) is 16.9. The Morgan fingerprint density at radius 1 is 1.11 bits per heavy atom.